The molecule has 2 fully saturated rings. The van der Waals surface area contributed by atoms with Crippen LogP contribution in [0.15, 0.2) is 0 Å². The Hall–Kier alpha value is 0. The molecule has 0 saturated heterocycles. The molecule has 0 bridgehead atoms. The fourth-order valence-corrected chi connectivity index (χ4v) is 2.00. The summed E-state index contributed by atoms with van der Waals surface area (Å²) in [5.74, 6) is 1.91. The van der Waals surface area contributed by atoms with Crippen LogP contribution in [0.3, 0.4) is 0 Å². The molecule has 0 aromatic carbocycles. The van der Waals surface area contributed by atoms with Crippen molar-refractivity contribution in [1.82, 2.24) is 0 Å². The van der Waals surface area contributed by atoms with Crippen molar-refractivity contribution in [2.24, 2.45) is 5.41 Å². The molecule has 2 aliphatic carbocycles. The maximum atomic E-state index is 2.31. The molecular formula is C9H15. The minimum Gasteiger partial charge on any atom is -0.0654 e. The highest BCUT2D eigenvalue weighted by molar-refractivity contribution is 5.23. The number of hydrogen-bond donors (Lipinski definition) is 0. The second-order valence-corrected chi connectivity index (χ2v) is 3.63. The summed E-state index contributed by atoms with van der Waals surface area (Å²) >= 11 is 0. The number of rotatable bonds is 3. The van der Waals surface area contributed by atoms with E-state index in [2.05, 4.69) is 6.92 Å². The van der Waals surface area contributed by atoms with Crippen LogP contribution in [0.1, 0.15) is 45.4 Å². The van der Waals surface area contributed by atoms with Crippen molar-refractivity contribution in [3.63, 3.8) is 0 Å². The van der Waals surface area contributed by atoms with Gasteiger partial charge in [-0.15, -0.1) is 0 Å². The Labute approximate surface area is 57.6 Å². The summed E-state index contributed by atoms with van der Waals surface area (Å²) in [6, 6.07) is 0. The van der Waals surface area contributed by atoms with Gasteiger partial charge in [0.05, 0.1) is 0 Å². The zero-order chi connectivity index (χ0) is 6.32. The molecule has 0 atom stereocenters. The lowest BCUT2D eigenvalue weighted by atomic mass is 9.95. The molecule has 0 nitrogen and oxygen atoms in total. The Morgan fingerprint density at radius 3 is 2.33 bits per heavy atom. The molecule has 0 amide bonds. The Morgan fingerprint density at radius 1 is 1.33 bits per heavy atom. The smallest absolute Gasteiger partial charge is 0.0179 e. The van der Waals surface area contributed by atoms with E-state index in [1.807, 2.05) is 5.92 Å². The van der Waals surface area contributed by atoms with Gasteiger partial charge in [-0.25, -0.2) is 0 Å². The van der Waals surface area contributed by atoms with Crippen molar-refractivity contribution in [3.05, 3.63) is 5.92 Å². The number of hydrogen-bond acceptors (Lipinski definition) is 0. The first-order valence-electron chi connectivity index (χ1n) is 4.22. The van der Waals surface area contributed by atoms with Gasteiger partial charge < -0.3 is 0 Å². The van der Waals surface area contributed by atoms with Gasteiger partial charge in [0.15, 0.2) is 0 Å². The largest absolute Gasteiger partial charge is 0.0654 e. The third-order valence-corrected chi connectivity index (χ3v) is 2.83. The average molecular weight is 123 g/mol. The van der Waals surface area contributed by atoms with Crippen molar-refractivity contribution < 1.29 is 0 Å². The van der Waals surface area contributed by atoms with Crippen LogP contribution in [0, 0.1) is 11.3 Å². The van der Waals surface area contributed by atoms with Crippen molar-refractivity contribution in [1.29, 1.82) is 0 Å². The molecule has 0 spiro atoms. The summed E-state index contributed by atoms with van der Waals surface area (Å²) in [5, 5.41) is 0. The molecular weight excluding hydrogens is 108 g/mol. The highest BCUT2D eigenvalue weighted by Gasteiger charge is 2.52. The second kappa shape index (κ2) is 1.74. The van der Waals surface area contributed by atoms with Crippen LogP contribution in [0.5, 0.6) is 0 Å². The third-order valence-electron chi connectivity index (χ3n) is 2.83. The summed E-state index contributed by atoms with van der Waals surface area (Å²) in [5.41, 5.74) is 0.828. The van der Waals surface area contributed by atoms with Crippen LogP contribution in [0.4, 0.5) is 0 Å². The van der Waals surface area contributed by atoms with E-state index in [-0.39, 0.29) is 0 Å². The van der Waals surface area contributed by atoms with Gasteiger partial charge in [0.2, 0.25) is 0 Å². The highest BCUT2D eigenvalue weighted by atomic mass is 14.6. The van der Waals surface area contributed by atoms with Crippen molar-refractivity contribution >= 4 is 0 Å². The van der Waals surface area contributed by atoms with Crippen molar-refractivity contribution in [3.8, 4) is 0 Å². The molecule has 51 valence electrons. The van der Waals surface area contributed by atoms with Crippen molar-refractivity contribution in [2.45, 2.75) is 45.4 Å². The molecule has 0 heteroatoms. The molecule has 2 rings (SSSR count). The van der Waals surface area contributed by atoms with Gasteiger partial charge in [-0.1, -0.05) is 13.3 Å². The third kappa shape index (κ3) is 0.889. The van der Waals surface area contributed by atoms with E-state index < -0.39 is 0 Å². The molecule has 0 aromatic heterocycles. The van der Waals surface area contributed by atoms with Gasteiger partial charge in [0.1, 0.15) is 0 Å². The minimum absolute atomic E-state index is 0.828. The molecule has 0 N–H and O–H groups in total. The topological polar surface area (TPSA) is 0 Å². The van der Waals surface area contributed by atoms with Crippen LogP contribution >= 0.6 is 0 Å². The highest BCUT2D eigenvalue weighted by Crippen LogP contribution is 2.65. The van der Waals surface area contributed by atoms with E-state index in [4.69, 9.17) is 0 Å². The molecule has 0 aliphatic heterocycles. The quantitative estimate of drug-likeness (QED) is 0.541. The predicted octanol–water partition coefficient (Wildman–Crippen LogP) is 2.93. The van der Waals surface area contributed by atoms with Gasteiger partial charge >= 0.3 is 0 Å². The van der Waals surface area contributed by atoms with Crippen LogP contribution in [0.2, 0.25) is 0 Å². The summed E-state index contributed by atoms with van der Waals surface area (Å²) in [7, 11) is 0. The molecule has 9 heavy (non-hydrogen) atoms. The monoisotopic (exact) mass is 123 g/mol. The molecule has 0 unspecified atom stereocenters. The predicted molar refractivity (Wildman–Crippen MR) is 39.1 cm³/mol. The molecule has 2 saturated carbocycles. The fraction of sp³-hybridized carbons (Fsp3) is 0.889. The molecule has 0 aromatic rings. The van der Waals surface area contributed by atoms with Crippen LogP contribution in [-0.2, 0) is 0 Å². The summed E-state index contributed by atoms with van der Waals surface area (Å²) < 4.78 is 0. The average Bonchev–Trinajstić information content (AvgIpc) is 2.61. The normalized spacial score (nSPS) is 30.3. The lowest BCUT2D eigenvalue weighted by molar-refractivity contribution is 0.517. The molecule has 0 heterocycles. The van der Waals surface area contributed by atoms with Crippen LogP contribution in [-0.4, -0.2) is 0 Å². The zero-order valence-corrected chi connectivity index (χ0v) is 6.24. The van der Waals surface area contributed by atoms with E-state index >= 15 is 0 Å². The van der Waals surface area contributed by atoms with Crippen LogP contribution in [0.25, 0.3) is 0 Å². The Kier molecular flexibility index (Phi) is 1.12. The fourth-order valence-electron chi connectivity index (χ4n) is 2.00. The van der Waals surface area contributed by atoms with Gasteiger partial charge in [0.25, 0.3) is 0 Å². The zero-order valence-electron chi connectivity index (χ0n) is 6.24. The van der Waals surface area contributed by atoms with Gasteiger partial charge in [-0.2, -0.15) is 0 Å². The molecule has 1 radical (unpaired) electrons. The first kappa shape index (κ1) is 5.76. The lowest BCUT2D eigenvalue weighted by Crippen LogP contribution is -1.99. The Morgan fingerprint density at radius 2 is 2.00 bits per heavy atom. The Bertz CT molecular complexity index is 107. The first-order valence-corrected chi connectivity index (χ1v) is 4.22. The first-order chi connectivity index (χ1) is 4.37. The van der Waals surface area contributed by atoms with E-state index in [0.717, 1.165) is 5.41 Å². The van der Waals surface area contributed by atoms with Gasteiger partial charge in [0, 0.05) is 0 Å². The minimum atomic E-state index is 0.828. The van der Waals surface area contributed by atoms with Crippen molar-refractivity contribution in [2.75, 3.05) is 0 Å². The SMILES string of the molecule is CCCC1([C]2CC2)CC1. The lowest BCUT2D eigenvalue weighted by Gasteiger charge is -2.09. The summed E-state index contributed by atoms with van der Waals surface area (Å²) in [4.78, 5) is 0. The summed E-state index contributed by atoms with van der Waals surface area (Å²) in [6.45, 7) is 2.31. The molecule has 2 aliphatic rings. The van der Waals surface area contributed by atoms with Gasteiger partial charge in [-0.3, -0.25) is 0 Å². The van der Waals surface area contributed by atoms with E-state index in [1.165, 1.54) is 38.5 Å². The van der Waals surface area contributed by atoms with E-state index in [1.54, 1.807) is 0 Å². The maximum absolute atomic E-state index is 2.31. The van der Waals surface area contributed by atoms with Crippen LogP contribution < -0.4 is 0 Å². The second-order valence-electron chi connectivity index (χ2n) is 3.63. The Balaban J connectivity index is 1.89. The maximum Gasteiger partial charge on any atom is -0.0179 e. The summed E-state index contributed by atoms with van der Waals surface area (Å²) in [6.07, 6.45) is 8.87. The van der Waals surface area contributed by atoms with Gasteiger partial charge in [-0.05, 0) is 43.4 Å². The van der Waals surface area contributed by atoms with E-state index in [9.17, 15) is 0 Å². The van der Waals surface area contributed by atoms with E-state index in [0.29, 0.717) is 0 Å². The standard InChI is InChI=1S/C9H15/c1-2-5-9(6-7-9)8-3-4-8/h2-7H2,1H3.